The molecule has 0 bridgehead atoms. The van der Waals surface area contributed by atoms with E-state index in [4.69, 9.17) is 5.10 Å². The molecule has 0 aromatic carbocycles. The Morgan fingerprint density at radius 3 is 2.60 bits per heavy atom. The molecule has 0 saturated heterocycles. The summed E-state index contributed by atoms with van der Waals surface area (Å²) in [6.45, 7) is 8.03. The lowest BCUT2D eigenvalue weighted by Gasteiger charge is -2.30. The summed E-state index contributed by atoms with van der Waals surface area (Å²) in [5.41, 5.74) is 1.57. The van der Waals surface area contributed by atoms with Crippen molar-refractivity contribution < 1.29 is 0 Å². The first-order chi connectivity index (χ1) is 9.50. The van der Waals surface area contributed by atoms with Crippen molar-refractivity contribution >= 4 is 0 Å². The van der Waals surface area contributed by atoms with Gasteiger partial charge in [0.15, 0.2) is 0 Å². The second-order valence-electron chi connectivity index (χ2n) is 7.40. The van der Waals surface area contributed by atoms with Crippen LogP contribution < -0.4 is 5.32 Å². The number of nitrogens with zero attached hydrogens (tertiary/aromatic N) is 2. The molecule has 1 aromatic heterocycles. The first-order valence-corrected chi connectivity index (χ1v) is 8.19. The first kappa shape index (κ1) is 15.6. The third-order valence-electron chi connectivity index (χ3n) is 4.74. The lowest BCUT2D eigenvalue weighted by Crippen LogP contribution is -2.32. The Morgan fingerprint density at radius 1 is 1.30 bits per heavy atom. The molecule has 0 aliphatic heterocycles. The Kier molecular flexibility index (Phi) is 5.25. The van der Waals surface area contributed by atoms with E-state index < -0.39 is 0 Å². The Labute approximate surface area is 124 Å². The summed E-state index contributed by atoms with van der Waals surface area (Å²) in [5.74, 6) is 0.627. The Bertz CT molecular complexity index is 397. The van der Waals surface area contributed by atoms with Gasteiger partial charge in [0.05, 0.1) is 11.7 Å². The maximum atomic E-state index is 4.86. The van der Waals surface area contributed by atoms with Crippen molar-refractivity contribution in [1.82, 2.24) is 15.1 Å². The van der Waals surface area contributed by atoms with Crippen molar-refractivity contribution in [3.8, 4) is 0 Å². The minimum atomic E-state index is 0.317. The number of nitrogens with one attached hydrogen (secondary N) is 1. The van der Waals surface area contributed by atoms with Crippen LogP contribution in [0.25, 0.3) is 0 Å². The fourth-order valence-corrected chi connectivity index (χ4v) is 3.22. The molecule has 1 saturated carbocycles. The molecule has 1 aliphatic rings. The number of hydrogen-bond donors (Lipinski definition) is 1. The van der Waals surface area contributed by atoms with E-state index >= 15 is 0 Å². The Morgan fingerprint density at radius 2 is 2.00 bits per heavy atom. The molecule has 0 amide bonds. The molecule has 20 heavy (non-hydrogen) atoms. The Hall–Kier alpha value is -0.830. The first-order valence-electron chi connectivity index (χ1n) is 8.19. The molecule has 1 heterocycles. The minimum absolute atomic E-state index is 0.317. The minimum Gasteiger partial charge on any atom is -0.319 e. The van der Waals surface area contributed by atoms with Crippen LogP contribution in [0, 0.1) is 11.3 Å². The monoisotopic (exact) mass is 277 g/mol. The number of rotatable bonds is 5. The molecule has 1 unspecified atom stereocenters. The standard InChI is InChI=1S/C17H31N3/c1-17(2,3)14(13-18-4)12-15-10-11-20(19-15)16-8-6-5-7-9-16/h10-11,14,16,18H,5-9,12-13H2,1-4H3. The summed E-state index contributed by atoms with van der Waals surface area (Å²) < 4.78 is 2.23. The molecule has 1 fully saturated rings. The van der Waals surface area contributed by atoms with Crippen molar-refractivity contribution in [1.29, 1.82) is 0 Å². The highest BCUT2D eigenvalue weighted by atomic mass is 15.3. The van der Waals surface area contributed by atoms with Gasteiger partial charge < -0.3 is 5.32 Å². The molecule has 2 rings (SSSR count). The second kappa shape index (κ2) is 6.75. The topological polar surface area (TPSA) is 29.9 Å². The van der Waals surface area contributed by atoms with Crippen molar-refractivity contribution in [3.05, 3.63) is 18.0 Å². The zero-order chi connectivity index (χ0) is 14.6. The molecule has 1 N–H and O–H groups in total. The van der Waals surface area contributed by atoms with Gasteiger partial charge in [-0.15, -0.1) is 0 Å². The molecule has 0 spiro atoms. The van der Waals surface area contributed by atoms with Gasteiger partial charge in [-0.3, -0.25) is 4.68 Å². The van der Waals surface area contributed by atoms with Gasteiger partial charge in [-0.05, 0) is 50.3 Å². The van der Waals surface area contributed by atoms with E-state index in [1.165, 1.54) is 37.8 Å². The van der Waals surface area contributed by atoms with Crippen molar-refractivity contribution in [2.75, 3.05) is 13.6 Å². The molecule has 1 aliphatic carbocycles. The van der Waals surface area contributed by atoms with Crippen LogP contribution in [0.2, 0.25) is 0 Å². The van der Waals surface area contributed by atoms with Gasteiger partial charge in [-0.2, -0.15) is 5.10 Å². The fourth-order valence-electron chi connectivity index (χ4n) is 3.22. The molecular weight excluding hydrogens is 246 g/mol. The van der Waals surface area contributed by atoms with Crippen molar-refractivity contribution in [3.63, 3.8) is 0 Å². The van der Waals surface area contributed by atoms with Gasteiger partial charge in [0, 0.05) is 6.20 Å². The summed E-state index contributed by atoms with van der Waals surface area (Å²) in [5, 5.41) is 8.19. The summed E-state index contributed by atoms with van der Waals surface area (Å²) in [6, 6.07) is 2.87. The maximum absolute atomic E-state index is 4.86. The predicted molar refractivity (Wildman–Crippen MR) is 84.9 cm³/mol. The Balaban J connectivity index is 2.00. The predicted octanol–water partition coefficient (Wildman–Crippen LogP) is 3.81. The van der Waals surface area contributed by atoms with Crippen LogP contribution in [-0.2, 0) is 6.42 Å². The van der Waals surface area contributed by atoms with Gasteiger partial charge >= 0.3 is 0 Å². The van der Waals surface area contributed by atoms with Crippen LogP contribution in [0.5, 0.6) is 0 Å². The van der Waals surface area contributed by atoms with E-state index in [9.17, 15) is 0 Å². The highest BCUT2D eigenvalue weighted by Crippen LogP contribution is 2.30. The molecular formula is C17H31N3. The average Bonchev–Trinajstić information content (AvgIpc) is 2.87. The lowest BCUT2D eigenvalue weighted by molar-refractivity contribution is 0.232. The van der Waals surface area contributed by atoms with Crippen LogP contribution in [0.4, 0.5) is 0 Å². The quantitative estimate of drug-likeness (QED) is 0.887. The fraction of sp³-hybridized carbons (Fsp3) is 0.824. The maximum Gasteiger partial charge on any atom is 0.0628 e. The van der Waals surface area contributed by atoms with E-state index in [1.807, 2.05) is 7.05 Å². The zero-order valence-corrected chi connectivity index (χ0v) is 13.7. The molecule has 1 atom stereocenters. The largest absolute Gasteiger partial charge is 0.319 e. The molecule has 114 valence electrons. The lowest BCUT2D eigenvalue weighted by atomic mass is 9.78. The molecule has 3 heteroatoms. The summed E-state index contributed by atoms with van der Waals surface area (Å²) >= 11 is 0. The van der Waals surface area contributed by atoms with E-state index in [-0.39, 0.29) is 0 Å². The third kappa shape index (κ3) is 4.08. The van der Waals surface area contributed by atoms with E-state index in [1.54, 1.807) is 0 Å². The SMILES string of the molecule is CNCC(Cc1ccn(C2CCCCC2)n1)C(C)(C)C. The zero-order valence-electron chi connectivity index (χ0n) is 13.7. The van der Waals surface area contributed by atoms with Crippen LogP contribution in [-0.4, -0.2) is 23.4 Å². The summed E-state index contributed by atoms with van der Waals surface area (Å²) in [6.07, 6.45) is 10.0. The average molecular weight is 277 g/mol. The number of hydrogen-bond acceptors (Lipinski definition) is 2. The number of aromatic nitrogens is 2. The van der Waals surface area contributed by atoms with Gasteiger partial charge in [0.1, 0.15) is 0 Å². The molecule has 1 aromatic rings. The van der Waals surface area contributed by atoms with Crippen LogP contribution in [0.15, 0.2) is 12.3 Å². The highest BCUT2D eigenvalue weighted by molar-refractivity contribution is 5.03. The van der Waals surface area contributed by atoms with E-state index in [0.29, 0.717) is 17.4 Å². The van der Waals surface area contributed by atoms with Gasteiger partial charge in [-0.1, -0.05) is 40.0 Å². The highest BCUT2D eigenvalue weighted by Gasteiger charge is 2.25. The third-order valence-corrected chi connectivity index (χ3v) is 4.74. The van der Waals surface area contributed by atoms with Gasteiger partial charge in [0.2, 0.25) is 0 Å². The van der Waals surface area contributed by atoms with Crippen LogP contribution in [0.1, 0.15) is 64.6 Å². The molecule has 0 radical (unpaired) electrons. The van der Waals surface area contributed by atoms with E-state index in [0.717, 1.165) is 13.0 Å². The summed E-state index contributed by atoms with van der Waals surface area (Å²) in [4.78, 5) is 0. The summed E-state index contributed by atoms with van der Waals surface area (Å²) in [7, 11) is 2.04. The van der Waals surface area contributed by atoms with E-state index in [2.05, 4.69) is 43.0 Å². The van der Waals surface area contributed by atoms with Crippen LogP contribution in [0.3, 0.4) is 0 Å². The van der Waals surface area contributed by atoms with Gasteiger partial charge in [0.25, 0.3) is 0 Å². The van der Waals surface area contributed by atoms with Crippen LogP contribution >= 0.6 is 0 Å². The van der Waals surface area contributed by atoms with Crippen molar-refractivity contribution in [2.24, 2.45) is 11.3 Å². The normalized spacial score (nSPS) is 19.2. The molecule has 3 nitrogen and oxygen atoms in total. The van der Waals surface area contributed by atoms with Gasteiger partial charge in [-0.25, -0.2) is 0 Å². The second-order valence-corrected chi connectivity index (χ2v) is 7.40. The van der Waals surface area contributed by atoms with Crippen molar-refractivity contribution in [2.45, 2.75) is 65.3 Å². The smallest absolute Gasteiger partial charge is 0.0628 e.